The molecule has 1 unspecified atom stereocenters. The van der Waals surface area contributed by atoms with Crippen LogP contribution >= 0.6 is 0 Å². The van der Waals surface area contributed by atoms with Crippen LogP contribution in [-0.2, 0) is 20.9 Å². The molecule has 9 nitrogen and oxygen atoms in total. The third-order valence-corrected chi connectivity index (χ3v) is 9.80. The minimum atomic E-state index is -0.782. The molecular weight excluding hydrogens is 530 g/mol. The Kier molecular flexibility index (Phi) is 10.7. The Hall–Kier alpha value is -2.52. The number of amides is 2. The van der Waals surface area contributed by atoms with Crippen molar-refractivity contribution in [1.82, 2.24) is 15.2 Å². The lowest BCUT2D eigenvalue weighted by atomic mass is 9.65. The van der Waals surface area contributed by atoms with Crippen LogP contribution in [-0.4, -0.2) is 51.9 Å². The average molecular weight is 584 g/mol. The lowest BCUT2D eigenvalue weighted by Gasteiger charge is -2.41. The summed E-state index contributed by atoms with van der Waals surface area (Å²) >= 11 is 0. The predicted octanol–water partition coefficient (Wildman–Crippen LogP) is 5.20. The first-order chi connectivity index (χ1) is 19.8. The molecule has 9 heteroatoms. The van der Waals surface area contributed by atoms with Crippen LogP contribution in [0.4, 0.5) is 10.6 Å². The van der Waals surface area contributed by atoms with Gasteiger partial charge in [-0.05, 0) is 76.0 Å². The highest BCUT2D eigenvalue weighted by Crippen LogP contribution is 2.42. The van der Waals surface area contributed by atoms with Crippen molar-refractivity contribution in [3.05, 3.63) is 22.9 Å². The maximum atomic E-state index is 14.2. The number of nitrogens with one attached hydrogen (secondary N) is 1. The minimum Gasteiger partial charge on any atom is -0.444 e. The Bertz CT molecular complexity index is 1080. The van der Waals surface area contributed by atoms with Gasteiger partial charge in [0.05, 0.1) is 12.1 Å². The van der Waals surface area contributed by atoms with Gasteiger partial charge in [0.2, 0.25) is 5.91 Å². The lowest BCUT2D eigenvalue weighted by molar-refractivity contribution is -0.126. The van der Waals surface area contributed by atoms with E-state index >= 15 is 0 Å². The zero-order valence-corrected chi connectivity index (χ0v) is 26.4. The number of hydrogen-bond acceptors (Lipinski definition) is 8. The number of alkyl carbamates (subject to hydrolysis) is 1. The lowest BCUT2D eigenvalue weighted by Crippen LogP contribution is -2.48. The van der Waals surface area contributed by atoms with Crippen molar-refractivity contribution in [2.75, 3.05) is 12.3 Å². The zero-order chi connectivity index (χ0) is 30.6. The highest BCUT2D eigenvalue weighted by atomic mass is 16.6. The quantitative estimate of drug-likeness (QED) is 0.379. The highest BCUT2D eigenvalue weighted by molar-refractivity contribution is 5.96. The molecule has 0 radical (unpaired) electrons. The Morgan fingerprint density at radius 2 is 1.60 bits per heavy atom. The molecule has 0 aromatic carbocycles. The fourth-order valence-electron chi connectivity index (χ4n) is 7.85. The van der Waals surface area contributed by atoms with E-state index in [1.807, 2.05) is 24.8 Å². The number of likely N-dealkylation sites (tertiary alicyclic amines) is 1. The fourth-order valence-corrected chi connectivity index (χ4v) is 7.85. The van der Waals surface area contributed by atoms with Gasteiger partial charge in [-0.2, -0.15) is 0 Å². The maximum Gasteiger partial charge on any atom is 0.414 e. The van der Waals surface area contributed by atoms with Crippen molar-refractivity contribution in [3.8, 4) is 0 Å². The number of aromatic nitrogens is 1. The van der Waals surface area contributed by atoms with Gasteiger partial charge in [-0.3, -0.25) is 19.8 Å². The summed E-state index contributed by atoms with van der Waals surface area (Å²) in [5.41, 5.74) is 14.9. The summed E-state index contributed by atoms with van der Waals surface area (Å²) in [5, 5.41) is 2.43. The predicted molar refractivity (Wildman–Crippen MR) is 164 cm³/mol. The topological polar surface area (TPSA) is 141 Å². The monoisotopic (exact) mass is 583 g/mol. The van der Waals surface area contributed by atoms with Crippen LogP contribution < -0.4 is 16.8 Å². The fraction of sp³-hybridized carbons (Fsp3) is 0.758. The van der Waals surface area contributed by atoms with Crippen molar-refractivity contribution >= 4 is 23.6 Å². The number of nitrogen functional groups attached to an aromatic ring is 1. The van der Waals surface area contributed by atoms with E-state index in [9.17, 15) is 14.4 Å². The third-order valence-electron chi connectivity index (χ3n) is 9.80. The molecule has 3 fully saturated rings. The summed E-state index contributed by atoms with van der Waals surface area (Å²) in [7, 11) is 0. The van der Waals surface area contributed by atoms with Gasteiger partial charge in [-0.15, -0.1) is 0 Å². The molecule has 234 valence electrons. The minimum absolute atomic E-state index is 0.0672. The van der Waals surface area contributed by atoms with E-state index in [4.69, 9.17) is 16.2 Å². The number of nitrogens with zero attached hydrogens (tertiary/aromatic N) is 2. The zero-order valence-electron chi connectivity index (χ0n) is 26.4. The number of pyridine rings is 1. The van der Waals surface area contributed by atoms with Gasteiger partial charge in [0, 0.05) is 24.7 Å². The Balaban J connectivity index is 1.56. The Morgan fingerprint density at radius 1 is 1.02 bits per heavy atom. The molecule has 3 aliphatic rings. The summed E-state index contributed by atoms with van der Waals surface area (Å²) in [6, 6.07) is 0.626. The molecule has 1 aromatic rings. The number of anilines is 1. The van der Waals surface area contributed by atoms with Crippen molar-refractivity contribution in [1.29, 1.82) is 0 Å². The van der Waals surface area contributed by atoms with Gasteiger partial charge in [0.15, 0.2) is 5.78 Å². The normalized spacial score (nSPS) is 23.6. The van der Waals surface area contributed by atoms with Crippen LogP contribution in [0.2, 0.25) is 0 Å². The van der Waals surface area contributed by atoms with Gasteiger partial charge in [0.25, 0.3) is 0 Å². The van der Waals surface area contributed by atoms with Gasteiger partial charge in [-0.25, -0.2) is 9.78 Å². The Morgan fingerprint density at radius 3 is 2.12 bits per heavy atom. The number of hydrogen-bond donors (Lipinski definition) is 3. The smallest absolute Gasteiger partial charge is 0.414 e. The van der Waals surface area contributed by atoms with Crippen molar-refractivity contribution in [2.24, 2.45) is 29.4 Å². The summed E-state index contributed by atoms with van der Waals surface area (Å²) in [5.74, 6) is 0.871. The first-order valence-electron chi connectivity index (χ1n) is 16.1. The number of ketones is 1. The highest BCUT2D eigenvalue weighted by Gasteiger charge is 2.45. The molecule has 1 aromatic heterocycles. The molecule has 3 atom stereocenters. The Labute approximate surface area is 251 Å². The maximum absolute atomic E-state index is 14.2. The van der Waals surface area contributed by atoms with E-state index in [1.54, 1.807) is 20.8 Å². The first kappa shape index (κ1) is 32.4. The van der Waals surface area contributed by atoms with Gasteiger partial charge >= 0.3 is 6.09 Å². The van der Waals surface area contributed by atoms with Crippen LogP contribution in [0, 0.1) is 37.5 Å². The largest absolute Gasteiger partial charge is 0.444 e. The molecule has 0 bridgehead atoms. The number of imide groups is 1. The van der Waals surface area contributed by atoms with Crippen molar-refractivity contribution in [3.63, 3.8) is 0 Å². The molecular formula is C33H53N5O4. The molecule has 0 spiro atoms. The molecule has 4 rings (SSSR count). The molecule has 1 saturated heterocycles. The van der Waals surface area contributed by atoms with Gasteiger partial charge in [0.1, 0.15) is 11.4 Å². The molecule has 2 saturated carbocycles. The summed E-state index contributed by atoms with van der Waals surface area (Å²) < 4.78 is 5.35. The van der Waals surface area contributed by atoms with Crippen LogP contribution in [0.3, 0.4) is 0 Å². The summed E-state index contributed by atoms with van der Waals surface area (Å²) in [6.07, 6.45) is 11.6. The summed E-state index contributed by atoms with van der Waals surface area (Å²) in [6.45, 7) is 9.97. The van der Waals surface area contributed by atoms with Gasteiger partial charge in [-0.1, -0.05) is 64.2 Å². The number of carbonyl (C=O) groups excluding carboxylic acids is 3. The van der Waals surface area contributed by atoms with E-state index in [1.165, 1.54) is 38.5 Å². The summed E-state index contributed by atoms with van der Waals surface area (Å²) in [4.78, 5) is 46.7. The number of rotatable bonds is 8. The molecule has 5 N–H and O–H groups in total. The average Bonchev–Trinajstić information content (AvgIpc) is 3.34. The number of nitrogens with two attached hydrogens (primary N) is 2. The van der Waals surface area contributed by atoms with Gasteiger partial charge < -0.3 is 16.2 Å². The number of aryl methyl sites for hydroxylation is 2. The SMILES string of the molecule is Cc1cc(N)nc(C)c1CN1CC(C(=O)[C@@H](N)C(C2CCCCC2)C2CCCCC2)C[C@H]1C(=O)NC(=O)OC(C)(C)C. The standard InChI is InChI=1S/C33H53N5O4/c1-20-16-27(34)36-21(2)25(20)19-38-18-24(17-26(38)31(40)37-32(41)42-33(3,4)5)30(39)29(35)28(22-12-8-6-9-13-22)23-14-10-7-11-15-23/h16,22-24,26,28-29H,6-15,17-19,35H2,1-5H3,(H2,34,36)(H,37,40,41)/t24?,26-,29-/m0/s1. The van der Waals surface area contributed by atoms with Crippen LogP contribution in [0.15, 0.2) is 6.07 Å². The first-order valence-corrected chi connectivity index (χ1v) is 16.1. The van der Waals surface area contributed by atoms with E-state index in [0.29, 0.717) is 37.2 Å². The van der Waals surface area contributed by atoms with Crippen molar-refractivity contribution < 1.29 is 19.1 Å². The van der Waals surface area contributed by atoms with Crippen LogP contribution in [0.5, 0.6) is 0 Å². The number of ether oxygens (including phenoxy) is 1. The second-order valence-electron chi connectivity index (χ2n) is 14.1. The van der Waals surface area contributed by atoms with E-state index in [-0.39, 0.29) is 17.6 Å². The molecule has 1 aliphatic heterocycles. The third kappa shape index (κ3) is 8.10. The van der Waals surface area contributed by atoms with E-state index < -0.39 is 29.7 Å². The van der Waals surface area contributed by atoms with Crippen LogP contribution in [0.25, 0.3) is 0 Å². The molecule has 2 amide bonds. The van der Waals surface area contributed by atoms with E-state index in [2.05, 4.69) is 10.3 Å². The van der Waals surface area contributed by atoms with Crippen LogP contribution in [0.1, 0.15) is 108 Å². The second kappa shape index (κ2) is 13.8. The number of Topliss-reactive ketones (excluding diaryl/α,β-unsaturated/α-hetero) is 1. The molecule has 42 heavy (non-hydrogen) atoms. The second-order valence-corrected chi connectivity index (χ2v) is 14.1. The number of carbonyl (C=O) groups is 3. The van der Waals surface area contributed by atoms with E-state index in [0.717, 1.165) is 42.5 Å². The molecule has 2 aliphatic carbocycles. The van der Waals surface area contributed by atoms with Crippen molar-refractivity contribution in [2.45, 2.75) is 129 Å². The molecule has 2 heterocycles.